The molecule has 0 aliphatic carbocycles. The second-order valence-corrected chi connectivity index (χ2v) is 6.71. The molecule has 148 valence electrons. The van der Waals surface area contributed by atoms with E-state index in [1.165, 1.54) is 4.90 Å². The monoisotopic (exact) mass is 383 g/mol. The summed E-state index contributed by atoms with van der Waals surface area (Å²) in [5, 5.41) is 0. The average molecular weight is 383 g/mol. The molecule has 0 radical (unpaired) electrons. The maximum absolute atomic E-state index is 12.3. The summed E-state index contributed by atoms with van der Waals surface area (Å²) in [4.78, 5) is 25.9. The quantitative estimate of drug-likeness (QED) is 0.623. The maximum atomic E-state index is 12.3. The van der Waals surface area contributed by atoms with Crippen molar-refractivity contribution >= 4 is 11.8 Å². The van der Waals surface area contributed by atoms with Crippen molar-refractivity contribution in [2.24, 2.45) is 0 Å². The van der Waals surface area contributed by atoms with Crippen LogP contribution in [0, 0.1) is 0 Å². The SMILES string of the molecule is COc1ccc(C[C@@H](COCc2ccccc2)N2C(=O)CCC2=O)cc1OC. The summed E-state index contributed by atoms with van der Waals surface area (Å²) in [6.07, 6.45) is 1.02. The van der Waals surface area contributed by atoms with Gasteiger partial charge in [0.2, 0.25) is 11.8 Å². The molecule has 1 fully saturated rings. The summed E-state index contributed by atoms with van der Waals surface area (Å²) >= 11 is 0. The standard InChI is InChI=1S/C22H25NO5/c1-26-19-9-8-17(13-20(19)27-2)12-18(23-21(24)10-11-22(23)25)15-28-14-16-6-4-3-5-7-16/h3-9,13,18H,10-12,14-15H2,1-2H3/t18-/m0/s1. The first-order valence-electron chi connectivity index (χ1n) is 9.30. The van der Waals surface area contributed by atoms with Crippen LogP contribution in [0.3, 0.4) is 0 Å². The molecule has 0 spiro atoms. The van der Waals surface area contributed by atoms with Crippen LogP contribution in [0.1, 0.15) is 24.0 Å². The van der Waals surface area contributed by atoms with Crippen LogP contribution < -0.4 is 9.47 Å². The number of amides is 2. The minimum absolute atomic E-state index is 0.140. The van der Waals surface area contributed by atoms with E-state index >= 15 is 0 Å². The number of carbonyl (C=O) groups is 2. The Morgan fingerprint density at radius 3 is 2.21 bits per heavy atom. The highest BCUT2D eigenvalue weighted by molar-refractivity contribution is 6.02. The number of hydrogen-bond acceptors (Lipinski definition) is 5. The van der Waals surface area contributed by atoms with Crippen LogP contribution in [-0.2, 0) is 27.4 Å². The van der Waals surface area contributed by atoms with Crippen molar-refractivity contribution in [3.8, 4) is 11.5 Å². The van der Waals surface area contributed by atoms with Crippen molar-refractivity contribution in [1.82, 2.24) is 4.90 Å². The van der Waals surface area contributed by atoms with Crippen molar-refractivity contribution < 1.29 is 23.8 Å². The topological polar surface area (TPSA) is 65.1 Å². The van der Waals surface area contributed by atoms with E-state index in [4.69, 9.17) is 14.2 Å². The molecule has 1 aliphatic heterocycles. The molecule has 2 aromatic carbocycles. The zero-order valence-electron chi connectivity index (χ0n) is 16.2. The number of methoxy groups -OCH3 is 2. The van der Waals surface area contributed by atoms with E-state index in [0.717, 1.165) is 11.1 Å². The fourth-order valence-electron chi connectivity index (χ4n) is 3.39. The van der Waals surface area contributed by atoms with Crippen LogP contribution in [0.2, 0.25) is 0 Å². The highest BCUT2D eigenvalue weighted by Crippen LogP contribution is 2.29. The molecule has 0 aromatic heterocycles. The summed E-state index contributed by atoms with van der Waals surface area (Å²) in [5.74, 6) is 0.969. The molecular weight excluding hydrogens is 358 g/mol. The number of hydrogen-bond donors (Lipinski definition) is 0. The molecular formula is C22H25NO5. The van der Waals surface area contributed by atoms with Gasteiger partial charge in [-0.2, -0.15) is 0 Å². The summed E-state index contributed by atoms with van der Waals surface area (Å²) < 4.78 is 16.5. The van der Waals surface area contributed by atoms with Crippen LogP contribution in [0.25, 0.3) is 0 Å². The van der Waals surface area contributed by atoms with Crippen LogP contribution in [-0.4, -0.2) is 43.6 Å². The number of ether oxygens (including phenoxy) is 3. The van der Waals surface area contributed by atoms with Crippen molar-refractivity contribution in [3.63, 3.8) is 0 Å². The summed E-state index contributed by atoms with van der Waals surface area (Å²) in [5.41, 5.74) is 1.99. The van der Waals surface area contributed by atoms with E-state index < -0.39 is 0 Å². The number of imide groups is 1. The molecule has 3 rings (SSSR count). The molecule has 0 saturated carbocycles. The number of nitrogens with zero attached hydrogens (tertiary/aromatic N) is 1. The van der Waals surface area contributed by atoms with E-state index in [9.17, 15) is 9.59 Å². The van der Waals surface area contributed by atoms with Crippen molar-refractivity contribution in [1.29, 1.82) is 0 Å². The molecule has 2 aromatic rings. The molecule has 0 unspecified atom stereocenters. The molecule has 6 nitrogen and oxygen atoms in total. The Morgan fingerprint density at radius 2 is 1.57 bits per heavy atom. The Labute approximate surface area is 165 Å². The number of carbonyl (C=O) groups excluding carboxylic acids is 2. The van der Waals surface area contributed by atoms with Gasteiger partial charge in [0.05, 0.1) is 33.5 Å². The summed E-state index contributed by atoms with van der Waals surface area (Å²) in [6, 6.07) is 15.1. The van der Waals surface area contributed by atoms with Gasteiger partial charge >= 0.3 is 0 Å². The average Bonchev–Trinajstić information content (AvgIpc) is 3.06. The zero-order valence-corrected chi connectivity index (χ0v) is 16.2. The van der Waals surface area contributed by atoms with Gasteiger partial charge in [0.15, 0.2) is 11.5 Å². The first-order valence-corrected chi connectivity index (χ1v) is 9.30. The Hall–Kier alpha value is -2.86. The highest BCUT2D eigenvalue weighted by atomic mass is 16.5. The predicted octanol–water partition coefficient (Wildman–Crippen LogP) is 2.98. The Balaban J connectivity index is 1.74. The van der Waals surface area contributed by atoms with Gasteiger partial charge in [-0.25, -0.2) is 0 Å². The minimum Gasteiger partial charge on any atom is -0.493 e. The third-order valence-electron chi connectivity index (χ3n) is 4.80. The third kappa shape index (κ3) is 4.70. The molecule has 1 aliphatic rings. The van der Waals surface area contributed by atoms with Gasteiger partial charge < -0.3 is 14.2 Å². The molecule has 6 heteroatoms. The number of likely N-dealkylation sites (tertiary alicyclic amines) is 1. The zero-order chi connectivity index (χ0) is 19.9. The van der Waals surface area contributed by atoms with Gasteiger partial charge in [-0.3, -0.25) is 14.5 Å². The molecule has 1 atom stereocenters. The van der Waals surface area contributed by atoms with E-state index in [1.54, 1.807) is 14.2 Å². The third-order valence-corrected chi connectivity index (χ3v) is 4.80. The normalized spacial score (nSPS) is 15.0. The minimum atomic E-state index is -0.357. The lowest BCUT2D eigenvalue weighted by Crippen LogP contribution is -2.43. The smallest absolute Gasteiger partial charge is 0.230 e. The fourth-order valence-corrected chi connectivity index (χ4v) is 3.39. The second-order valence-electron chi connectivity index (χ2n) is 6.71. The number of benzene rings is 2. The summed E-state index contributed by atoms with van der Waals surface area (Å²) in [7, 11) is 3.16. The van der Waals surface area contributed by atoms with Gasteiger partial charge in [0.25, 0.3) is 0 Å². The van der Waals surface area contributed by atoms with Gasteiger partial charge in [-0.05, 0) is 29.7 Å². The van der Waals surface area contributed by atoms with Crippen LogP contribution in [0.4, 0.5) is 0 Å². The van der Waals surface area contributed by atoms with Crippen molar-refractivity contribution in [2.45, 2.75) is 31.9 Å². The molecule has 0 N–H and O–H groups in total. The Bertz CT molecular complexity index is 805. The van der Waals surface area contributed by atoms with Crippen LogP contribution >= 0.6 is 0 Å². The van der Waals surface area contributed by atoms with Crippen molar-refractivity contribution in [2.75, 3.05) is 20.8 Å². The molecule has 1 heterocycles. The van der Waals surface area contributed by atoms with Gasteiger partial charge in [0, 0.05) is 12.8 Å². The Morgan fingerprint density at radius 1 is 0.893 bits per heavy atom. The first kappa shape index (κ1) is 19.9. The van der Waals surface area contributed by atoms with E-state index in [-0.39, 0.29) is 37.3 Å². The van der Waals surface area contributed by atoms with E-state index in [0.29, 0.717) is 24.5 Å². The van der Waals surface area contributed by atoms with E-state index in [2.05, 4.69) is 0 Å². The van der Waals surface area contributed by atoms with Gasteiger partial charge in [0.1, 0.15) is 0 Å². The van der Waals surface area contributed by atoms with Crippen LogP contribution in [0.5, 0.6) is 11.5 Å². The van der Waals surface area contributed by atoms with E-state index in [1.807, 2.05) is 48.5 Å². The molecule has 28 heavy (non-hydrogen) atoms. The number of rotatable bonds is 9. The predicted molar refractivity (Wildman–Crippen MR) is 104 cm³/mol. The molecule has 2 amide bonds. The van der Waals surface area contributed by atoms with Gasteiger partial charge in [-0.15, -0.1) is 0 Å². The maximum Gasteiger partial charge on any atom is 0.230 e. The summed E-state index contributed by atoms with van der Waals surface area (Å²) in [6.45, 7) is 0.709. The Kier molecular flexibility index (Phi) is 6.66. The first-order chi connectivity index (χ1) is 13.6. The lowest BCUT2D eigenvalue weighted by molar-refractivity contribution is -0.142. The van der Waals surface area contributed by atoms with Crippen molar-refractivity contribution in [3.05, 3.63) is 59.7 Å². The fraction of sp³-hybridized carbons (Fsp3) is 0.364. The highest BCUT2D eigenvalue weighted by Gasteiger charge is 2.35. The van der Waals surface area contributed by atoms with Crippen LogP contribution in [0.15, 0.2) is 48.5 Å². The largest absolute Gasteiger partial charge is 0.493 e. The lowest BCUT2D eigenvalue weighted by Gasteiger charge is -2.26. The lowest BCUT2D eigenvalue weighted by atomic mass is 10.0. The van der Waals surface area contributed by atoms with Gasteiger partial charge in [-0.1, -0.05) is 36.4 Å². The molecule has 0 bridgehead atoms. The molecule has 1 saturated heterocycles. The second kappa shape index (κ2) is 9.37.